The lowest BCUT2D eigenvalue weighted by molar-refractivity contribution is 0.0530. The van der Waals surface area contributed by atoms with Gasteiger partial charge >= 0.3 is 0 Å². The van der Waals surface area contributed by atoms with E-state index in [-0.39, 0.29) is 0 Å². The van der Waals surface area contributed by atoms with E-state index >= 15 is 0 Å². The van der Waals surface area contributed by atoms with Crippen molar-refractivity contribution in [1.29, 1.82) is 5.26 Å². The van der Waals surface area contributed by atoms with E-state index in [0.717, 1.165) is 11.3 Å². The van der Waals surface area contributed by atoms with Crippen LogP contribution >= 0.6 is 11.3 Å². The third kappa shape index (κ3) is 1.86. The number of ether oxygens (including phenoxy) is 1. The van der Waals surface area contributed by atoms with Gasteiger partial charge in [0.1, 0.15) is 11.5 Å². The fourth-order valence-corrected chi connectivity index (χ4v) is 3.01. The summed E-state index contributed by atoms with van der Waals surface area (Å²) in [5.41, 5.74) is -0.740. The Kier molecular flexibility index (Phi) is 3.29. The summed E-state index contributed by atoms with van der Waals surface area (Å²) in [5.74, 6) is 0. The zero-order valence-electron chi connectivity index (χ0n) is 9.27. The van der Waals surface area contributed by atoms with E-state index in [0.29, 0.717) is 19.6 Å². The van der Waals surface area contributed by atoms with Crippen LogP contribution in [0, 0.1) is 16.7 Å². The fraction of sp³-hybridized carbons (Fsp3) is 0.583. The Hall–Kier alpha value is -0.890. The predicted octanol–water partition coefficient (Wildman–Crippen LogP) is 2.27. The molecule has 4 heteroatoms. The van der Waals surface area contributed by atoms with Crippen molar-refractivity contribution in [3.8, 4) is 6.07 Å². The summed E-state index contributed by atoms with van der Waals surface area (Å²) < 4.78 is 5.25. The Labute approximate surface area is 99.3 Å². The molecule has 86 valence electrons. The molecule has 16 heavy (non-hydrogen) atoms. The highest BCUT2D eigenvalue weighted by molar-refractivity contribution is 7.12. The Bertz CT molecular complexity index is 401. The van der Waals surface area contributed by atoms with Gasteiger partial charge in [-0.25, -0.2) is 0 Å². The SMILES string of the molecule is CCc1ccc(C(O)C2(C#N)CCOC2)s1. The van der Waals surface area contributed by atoms with E-state index in [1.807, 2.05) is 12.1 Å². The van der Waals surface area contributed by atoms with Crippen molar-refractivity contribution in [2.24, 2.45) is 5.41 Å². The highest BCUT2D eigenvalue weighted by Gasteiger charge is 2.43. The van der Waals surface area contributed by atoms with Gasteiger partial charge in [0, 0.05) is 16.4 Å². The second-order valence-corrected chi connectivity index (χ2v) is 5.33. The third-order valence-electron chi connectivity index (χ3n) is 3.10. The Morgan fingerprint density at radius 2 is 2.50 bits per heavy atom. The molecule has 1 aliphatic heterocycles. The van der Waals surface area contributed by atoms with Crippen LogP contribution in [-0.4, -0.2) is 18.3 Å². The van der Waals surface area contributed by atoms with E-state index < -0.39 is 11.5 Å². The third-order valence-corrected chi connectivity index (χ3v) is 4.38. The highest BCUT2D eigenvalue weighted by Crippen LogP contribution is 2.42. The van der Waals surface area contributed by atoms with Gasteiger partial charge in [0.05, 0.1) is 12.7 Å². The summed E-state index contributed by atoms with van der Waals surface area (Å²) in [4.78, 5) is 2.12. The van der Waals surface area contributed by atoms with E-state index in [2.05, 4.69) is 13.0 Å². The molecule has 1 fully saturated rings. The molecule has 2 heterocycles. The number of hydrogen-bond acceptors (Lipinski definition) is 4. The van der Waals surface area contributed by atoms with Crippen molar-refractivity contribution >= 4 is 11.3 Å². The molecule has 2 atom stereocenters. The maximum atomic E-state index is 10.3. The molecular formula is C12H15NO2S. The van der Waals surface area contributed by atoms with E-state index in [1.54, 1.807) is 11.3 Å². The van der Waals surface area contributed by atoms with Crippen LogP contribution in [0.5, 0.6) is 0 Å². The Morgan fingerprint density at radius 3 is 3.00 bits per heavy atom. The van der Waals surface area contributed by atoms with Crippen molar-refractivity contribution in [1.82, 2.24) is 0 Å². The summed E-state index contributed by atoms with van der Waals surface area (Å²) in [6.07, 6.45) is 0.864. The maximum Gasteiger partial charge on any atom is 0.113 e. The first-order chi connectivity index (χ1) is 7.72. The van der Waals surface area contributed by atoms with Crippen LogP contribution in [0.15, 0.2) is 12.1 Å². The zero-order valence-corrected chi connectivity index (χ0v) is 10.1. The molecule has 0 saturated carbocycles. The lowest BCUT2D eigenvalue weighted by Crippen LogP contribution is -2.27. The molecule has 1 aliphatic rings. The molecule has 0 bridgehead atoms. The first-order valence-electron chi connectivity index (χ1n) is 5.47. The summed E-state index contributed by atoms with van der Waals surface area (Å²) in [6, 6.07) is 6.17. The molecule has 1 aromatic rings. The minimum Gasteiger partial charge on any atom is -0.386 e. The van der Waals surface area contributed by atoms with Gasteiger partial charge in [-0.05, 0) is 25.0 Å². The van der Waals surface area contributed by atoms with Crippen molar-refractivity contribution in [3.05, 3.63) is 21.9 Å². The molecule has 0 spiro atoms. The van der Waals surface area contributed by atoms with Crippen LogP contribution < -0.4 is 0 Å². The van der Waals surface area contributed by atoms with Crippen molar-refractivity contribution in [3.63, 3.8) is 0 Å². The van der Waals surface area contributed by atoms with Gasteiger partial charge in [-0.15, -0.1) is 11.3 Å². The van der Waals surface area contributed by atoms with E-state index in [9.17, 15) is 10.4 Å². The zero-order chi connectivity index (χ0) is 11.6. The van der Waals surface area contributed by atoms with Crippen LogP contribution in [0.3, 0.4) is 0 Å². The molecule has 1 aromatic heterocycles. The topological polar surface area (TPSA) is 53.2 Å². The smallest absolute Gasteiger partial charge is 0.113 e. The van der Waals surface area contributed by atoms with E-state index in [4.69, 9.17) is 4.74 Å². The molecule has 1 N–H and O–H groups in total. The summed E-state index contributed by atoms with van der Waals surface area (Å²) in [7, 11) is 0. The average Bonchev–Trinajstić information content (AvgIpc) is 2.98. The van der Waals surface area contributed by atoms with Gasteiger partial charge in [-0.2, -0.15) is 5.26 Å². The number of aliphatic hydroxyl groups excluding tert-OH is 1. The van der Waals surface area contributed by atoms with Crippen molar-refractivity contribution in [2.45, 2.75) is 25.9 Å². The van der Waals surface area contributed by atoms with Gasteiger partial charge in [-0.1, -0.05) is 6.92 Å². The second kappa shape index (κ2) is 4.54. The number of aliphatic hydroxyl groups is 1. The van der Waals surface area contributed by atoms with E-state index in [1.165, 1.54) is 4.88 Å². The Morgan fingerprint density at radius 1 is 1.69 bits per heavy atom. The largest absolute Gasteiger partial charge is 0.386 e. The summed E-state index contributed by atoms with van der Waals surface area (Å²) in [6.45, 7) is 2.99. The second-order valence-electron chi connectivity index (χ2n) is 4.13. The molecule has 1 saturated heterocycles. The standard InChI is InChI=1S/C12H15NO2S/c1-2-9-3-4-10(16-9)11(14)12(7-13)5-6-15-8-12/h3-4,11,14H,2,5-6,8H2,1H3. The monoisotopic (exact) mass is 237 g/mol. The quantitative estimate of drug-likeness (QED) is 0.877. The molecular weight excluding hydrogens is 222 g/mol. The first-order valence-corrected chi connectivity index (χ1v) is 6.29. The molecule has 3 nitrogen and oxygen atoms in total. The Balaban J connectivity index is 2.23. The lowest BCUT2D eigenvalue weighted by atomic mass is 9.82. The molecule has 0 amide bonds. The van der Waals surface area contributed by atoms with Gasteiger partial charge < -0.3 is 9.84 Å². The van der Waals surface area contributed by atoms with Gasteiger partial charge in [0.15, 0.2) is 0 Å². The van der Waals surface area contributed by atoms with Crippen molar-refractivity contribution in [2.75, 3.05) is 13.2 Å². The first kappa shape index (κ1) is 11.6. The van der Waals surface area contributed by atoms with Gasteiger partial charge in [0.2, 0.25) is 0 Å². The predicted molar refractivity (Wildman–Crippen MR) is 62.1 cm³/mol. The summed E-state index contributed by atoms with van der Waals surface area (Å²) >= 11 is 1.59. The van der Waals surface area contributed by atoms with Crippen LogP contribution in [0.4, 0.5) is 0 Å². The summed E-state index contributed by atoms with van der Waals surface area (Å²) in [5, 5.41) is 19.5. The van der Waals surface area contributed by atoms with Crippen LogP contribution in [0.2, 0.25) is 0 Å². The lowest BCUT2D eigenvalue weighted by Gasteiger charge is -2.24. The number of rotatable bonds is 3. The molecule has 0 aromatic carbocycles. The number of hydrogen-bond donors (Lipinski definition) is 1. The van der Waals surface area contributed by atoms with Crippen LogP contribution in [0.25, 0.3) is 0 Å². The maximum absolute atomic E-state index is 10.3. The number of nitrogens with zero attached hydrogens (tertiary/aromatic N) is 1. The minimum atomic E-state index is -0.740. The molecule has 2 rings (SSSR count). The van der Waals surface area contributed by atoms with Crippen molar-refractivity contribution < 1.29 is 9.84 Å². The number of nitriles is 1. The normalized spacial score (nSPS) is 26.6. The average molecular weight is 237 g/mol. The van der Waals surface area contributed by atoms with Crippen LogP contribution in [0.1, 0.15) is 29.2 Å². The van der Waals surface area contributed by atoms with Gasteiger partial charge in [0.25, 0.3) is 0 Å². The molecule has 2 unspecified atom stereocenters. The molecule has 0 radical (unpaired) electrons. The van der Waals surface area contributed by atoms with Gasteiger partial charge in [-0.3, -0.25) is 0 Å². The number of aryl methyl sites for hydroxylation is 1. The van der Waals surface area contributed by atoms with Crippen LogP contribution in [-0.2, 0) is 11.2 Å². The highest BCUT2D eigenvalue weighted by atomic mass is 32.1. The minimum absolute atomic E-state index is 0.337. The molecule has 0 aliphatic carbocycles. The number of thiophene rings is 1. The fourth-order valence-electron chi connectivity index (χ4n) is 1.95.